The number of hydrogen-bond donors (Lipinski definition) is 0. The maximum atomic E-state index is 2.45. The summed E-state index contributed by atoms with van der Waals surface area (Å²) in [7, 11) is 0. The molecule has 10 aromatic rings. The average Bonchev–Trinajstić information content (AvgIpc) is 3.48. The summed E-state index contributed by atoms with van der Waals surface area (Å²) in [4.78, 5) is 0. The Morgan fingerprint density at radius 3 is 1.47 bits per heavy atom. The van der Waals surface area contributed by atoms with Crippen molar-refractivity contribution in [2.75, 3.05) is 0 Å². The molecular formula is C55H38. The van der Waals surface area contributed by atoms with Gasteiger partial charge in [-0.25, -0.2) is 0 Å². The Morgan fingerprint density at radius 1 is 0.273 bits per heavy atom. The van der Waals surface area contributed by atoms with E-state index in [0.717, 1.165) is 0 Å². The third-order valence-corrected chi connectivity index (χ3v) is 12.2. The lowest BCUT2D eigenvalue weighted by Crippen LogP contribution is -2.15. The molecule has 10 aromatic carbocycles. The molecule has 258 valence electrons. The fourth-order valence-electron chi connectivity index (χ4n) is 9.49. The van der Waals surface area contributed by atoms with Gasteiger partial charge in [0.15, 0.2) is 0 Å². The van der Waals surface area contributed by atoms with Gasteiger partial charge in [-0.2, -0.15) is 0 Å². The maximum Gasteiger partial charge on any atom is 0.0159 e. The summed E-state index contributed by atoms with van der Waals surface area (Å²) in [5.74, 6) is 0. The van der Waals surface area contributed by atoms with Crippen LogP contribution in [0.15, 0.2) is 194 Å². The first kappa shape index (κ1) is 31.7. The minimum Gasteiger partial charge on any atom is -0.0616 e. The molecular weight excluding hydrogens is 661 g/mol. The van der Waals surface area contributed by atoms with Crippen molar-refractivity contribution in [2.45, 2.75) is 19.3 Å². The van der Waals surface area contributed by atoms with Crippen molar-refractivity contribution in [2.24, 2.45) is 0 Å². The van der Waals surface area contributed by atoms with Gasteiger partial charge in [-0.3, -0.25) is 0 Å². The Hall–Kier alpha value is -6.76. The minimum atomic E-state index is -0.0851. The molecule has 0 unspecified atom stereocenters. The normalized spacial score (nSPS) is 13.1. The molecule has 0 amide bonds. The van der Waals surface area contributed by atoms with E-state index in [4.69, 9.17) is 0 Å². The summed E-state index contributed by atoms with van der Waals surface area (Å²) in [6.07, 6.45) is 0. The van der Waals surface area contributed by atoms with Crippen molar-refractivity contribution >= 4 is 43.1 Å². The van der Waals surface area contributed by atoms with E-state index in [1.54, 1.807) is 0 Å². The number of fused-ring (bicyclic) bond motifs is 8. The molecule has 1 aliphatic rings. The number of hydrogen-bond acceptors (Lipinski definition) is 0. The lowest BCUT2D eigenvalue weighted by molar-refractivity contribution is 0.661. The van der Waals surface area contributed by atoms with Crippen molar-refractivity contribution in [3.63, 3.8) is 0 Å². The Morgan fingerprint density at radius 2 is 0.764 bits per heavy atom. The fraction of sp³-hybridized carbons (Fsp3) is 0.0545. The second-order valence-corrected chi connectivity index (χ2v) is 15.7. The second kappa shape index (κ2) is 12.1. The Labute approximate surface area is 322 Å². The quantitative estimate of drug-likeness (QED) is 0.161. The zero-order valence-corrected chi connectivity index (χ0v) is 31.0. The molecule has 1 aliphatic carbocycles. The van der Waals surface area contributed by atoms with E-state index in [1.807, 2.05) is 0 Å². The molecule has 0 saturated heterocycles. The van der Waals surface area contributed by atoms with Gasteiger partial charge in [0.05, 0.1) is 0 Å². The summed E-state index contributed by atoms with van der Waals surface area (Å²) in [5, 5.41) is 10.2. The summed E-state index contributed by atoms with van der Waals surface area (Å²) in [6, 6.07) is 72.1. The SMILES string of the molecule is CC1(C)c2cc(-c3cccc(-c4c5ccccc5c(-c5ccc(-c6ccc7ccccc7c6)cc5)c5ccccc45)c3)ccc2-c2c1ccc1ccccc21. The van der Waals surface area contributed by atoms with Crippen molar-refractivity contribution < 1.29 is 0 Å². The van der Waals surface area contributed by atoms with Crippen LogP contribution in [-0.4, -0.2) is 0 Å². The molecule has 0 aromatic heterocycles. The molecule has 0 N–H and O–H groups in total. The van der Waals surface area contributed by atoms with Gasteiger partial charge in [-0.15, -0.1) is 0 Å². The lowest BCUT2D eigenvalue weighted by Gasteiger charge is -2.22. The molecule has 0 heterocycles. The van der Waals surface area contributed by atoms with E-state index in [0.29, 0.717) is 0 Å². The molecule has 0 bridgehead atoms. The van der Waals surface area contributed by atoms with Crippen molar-refractivity contribution in [1.82, 2.24) is 0 Å². The van der Waals surface area contributed by atoms with Crippen LogP contribution in [0.25, 0.3) is 98.7 Å². The molecule has 55 heavy (non-hydrogen) atoms. The van der Waals surface area contributed by atoms with Crippen LogP contribution in [0.5, 0.6) is 0 Å². The molecule has 0 fully saturated rings. The van der Waals surface area contributed by atoms with Crippen LogP contribution in [0.3, 0.4) is 0 Å². The van der Waals surface area contributed by atoms with Gasteiger partial charge in [0.2, 0.25) is 0 Å². The van der Waals surface area contributed by atoms with E-state index in [1.165, 1.54) is 110 Å². The summed E-state index contributed by atoms with van der Waals surface area (Å²) < 4.78 is 0. The van der Waals surface area contributed by atoms with Crippen LogP contribution in [0.1, 0.15) is 25.0 Å². The number of rotatable bonds is 4. The van der Waals surface area contributed by atoms with Crippen LogP contribution in [0.4, 0.5) is 0 Å². The van der Waals surface area contributed by atoms with Gasteiger partial charge in [0, 0.05) is 5.41 Å². The molecule has 0 radical (unpaired) electrons. The summed E-state index contributed by atoms with van der Waals surface area (Å²) in [6.45, 7) is 4.76. The zero-order chi connectivity index (χ0) is 36.7. The van der Waals surface area contributed by atoms with Crippen LogP contribution in [-0.2, 0) is 5.41 Å². The third-order valence-electron chi connectivity index (χ3n) is 12.2. The topological polar surface area (TPSA) is 0 Å². The largest absolute Gasteiger partial charge is 0.0616 e. The highest BCUT2D eigenvalue weighted by Gasteiger charge is 2.36. The van der Waals surface area contributed by atoms with Crippen LogP contribution in [0.2, 0.25) is 0 Å². The molecule has 0 heteroatoms. The van der Waals surface area contributed by atoms with E-state index in [2.05, 4.69) is 208 Å². The van der Waals surface area contributed by atoms with Gasteiger partial charge in [-0.05, 0) is 128 Å². The van der Waals surface area contributed by atoms with Gasteiger partial charge in [0.25, 0.3) is 0 Å². The molecule has 11 rings (SSSR count). The van der Waals surface area contributed by atoms with E-state index in [9.17, 15) is 0 Å². The summed E-state index contributed by atoms with van der Waals surface area (Å²) >= 11 is 0. The summed E-state index contributed by atoms with van der Waals surface area (Å²) in [5.41, 5.74) is 15.4. The van der Waals surface area contributed by atoms with Crippen molar-refractivity contribution in [3.05, 3.63) is 205 Å². The van der Waals surface area contributed by atoms with Gasteiger partial charge in [0.1, 0.15) is 0 Å². The first-order valence-electron chi connectivity index (χ1n) is 19.3. The average molecular weight is 699 g/mol. The lowest BCUT2D eigenvalue weighted by atomic mass is 9.81. The second-order valence-electron chi connectivity index (χ2n) is 15.7. The molecule has 0 spiro atoms. The van der Waals surface area contributed by atoms with E-state index >= 15 is 0 Å². The highest BCUT2D eigenvalue weighted by Crippen LogP contribution is 2.52. The Balaban J connectivity index is 1.03. The van der Waals surface area contributed by atoms with Crippen LogP contribution < -0.4 is 0 Å². The van der Waals surface area contributed by atoms with Crippen molar-refractivity contribution in [3.8, 4) is 55.6 Å². The predicted octanol–water partition coefficient (Wildman–Crippen LogP) is 15.3. The van der Waals surface area contributed by atoms with Gasteiger partial charge in [-0.1, -0.05) is 190 Å². The molecule has 0 nitrogen and oxygen atoms in total. The smallest absolute Gasteiger partial charge is 0.0159 e. The maximum absolute atomic E-state index is 2.45. The standard InChI is InChI=1S/C55H38/c1-55(2)50-31-29-37-13-5-6-17-44(37)54(50)49-30-28-42(34-51(49)55)40-15-11-16-43(33-40)53-47-20-9-7-18-45(47)52(46-19-8-10-21-48(46)53)38-25-22-36(23-26-38)41-27-24-35-12-3-4-14-39(35)32-41/h3-34H,1-2H3. The zero-order valence-electron chi connectivity index (χ0n) is 31.0. The van der Waals surface area contributed by atoms with Crippen LogP contribution in [0, 0.1) is 0 Å². The number of benzene rings is 10. The van der Waals surface area contributed by atoms with E-state index < -0.39 is 0 Å². The van der Waals surface area contributed by atoms with Gasteiger partial charge >= 0.3 is 0 Å². The Kier molecular flexibility index (Phi) is 7.00. The minimum absolute atomic E-state index is 0.0851. The monoisotopic (exact) mass is 698 g/mol. The fourth-order valence-corrected chi connectivity index (χ4v) is 9.49. The molecule has 0 atom stereocenters. The van der Waals surface area contributed by atoms with Gasteiger partial charge < -0.3 is 0 Å². The molecule has 0 aliphatic heterocycles. The first-order valence-corrected chi connectivity index (χ1v) is 19.3. The Bertz CT molecular complexity index is 3100. The highest BCUT2D eigenvalue weighted by atomic mass is 14.4. The van der Waals surface area contributed by atoms with Crippen molar-refractivity contribution in [1.29, 1.82) is 0 Å². The highest BCUT2D eigenvalue weighted by molar-refractivity contribution is 6.21. The van der Waals surface area contributed by atoms with E-state index in [-0.39, 0.29) is 5.41 Å². The van der Waals surface area contributed by atoms with Crippen LogP contribution >= 0.6 is 0 Å². The molecule has 0 saturated carbocycles. The first-order chi connectivity index (χ1) is 27.0. The predicted molar refractivity (Wildman–Crippen MR) is 236 cm³/mol. The third kappa shape index (κ3) is 4.92.